The third kappa shape index (κ3) is 1220. The van der Waals surface area contributed by atoms with Gasteiger partial charge in [0.25, 0.3) is 0 Å². The van der Waals surface area contributed by atoms with Crippen LogP contribution in [0.3, 0.4) is 0 Å². The molecule has 0 aliphatic carbocycles. The standard InChI is InChI=1S/Cu.2H3N.2H3O4P.Zn/c;;;2*1-5(2,3)4;/h;2*1H3;2*(H3,1,2,3,4);/q+2;;;;;+2/p-4. The monoisotopic (exact) mass is 353 g/mol. The number of phosphoric acid groups is 2. The molecule has 0 rings (SSSR count). The Labute approximate surface area is 103 Å². The van der Waals surface area contributed by atoms with E-state index >= 15 is 0 Å². The first-order valence-electron chi connectivity index (χ1n) is 1.46. The van der Waals surface area contributed by atoms with Crippen molar-refractivity contribution in [1.29, 1.82) is 0 Å². The minimum Gasteiger partial charge on any atom is -0.822 e. The SMILES string of the molecule is O=P([O-])([O-])[O-].O=P([O-])([O-])[O-].[Cu+2].[NH4+].[NH4+].[Zn+2]. The molecular weight excluding hydrogens is 347 g/mol. The van der Waals surface area contributed by atoms with Gasteiger partial charge in [0, 0.05) is 0 Å². The molecule has 0 atom stereocenters. The van der Waals surface area contributed by atoms with Crippen molar-refractivity contribution < 1.29 is 75.0 Å². The van der Waals surface area contributed by atoms with Gasteiger partial charge in [-0.25, -0.2) is 0 Å². The van der Waals surface area contributed by atoms with Crippen LogP contribution in [-0.2, 0) is 45.7 Å². The molecule has 89 valence electrons. The summed E-state index contributed by atoms with van der Waals surface area (Å²) in [5.74, 6) is 0. The van der Waals surface area contributed by atoms with Gasteiger partial charge in [0.2, 0.25) is 0 Å². The van der Waals surface area contributed by atoms with E-state index in [1.165, 1.54) is 0 Å². The van der Waals surface area contributed by atoms with E-state index in [0.717, 1.165) is 0 Å². The van der Waals surface area contributed by atoms with Crippen LogP contribution < -0.4 is 41.7 Å². The van der Waals surface area contributed by atoms with Crippen molar-refractivity contribution in [2.75, 3.05) is 0 Å². The van der Waals surface area contributed by atoms with E-state index in [2.05, 4.69) is 0 Å². The summed E-state index contributed by atoms with van der Waals surface area (Å²) in [5, 5.41) is 0. The van der Waals surface area contributed by atoms with Crippen molar-refractivity contribution in [3.05, 3.63) is 0 Å². The Kier molecular flexibility index (Phi) is 36.9. The average Bonchev–Trinajstić information content (AvgIpc) is 1.12. The van der Waals surface area contributed by atoms with E-state index in [4.69, 9.17) is 38.5 Å². The molecule has 0 bridgehead atoms. The Morgan fingerprint density at radius 1 is 0.643 bits per heavy atom. The molecular formula is H8CuN2O8P2Zn. The van der Waals surface area contributed by atoms with Crippen molar-refractivity contribution in [3.8, 4) is 0 Å². The van der Waals surface area contributed by atoms with E-state index < -0.39 is 15.6 Å². The van der Waals surface area contributed by atoms with Crippen LogP contribution in [0, 0.1) is 0 Å². The molecule has 0 aliphatic heterocycles. The van der Waals surface area contributed by atoms with Crippen LogP contribution in [0.1, 0.15) is 0 Å². The third-order valence-electron chi connectivity index (χ3n) is 0. The molecule has 0 aromatic carbocycles. The fourth-order valence-corrected chi connectivity index (χ4v) is 0. The average molecular weight is 355 g/mol. The second-order valence-electron chi connectivity index (χ2n) is 0.894. The minimum atomic E-state index is -5.39. The Bertz CT molecular complexity index is 138. The number of hydrogen-bond acceptors (Lipinski definition) is 8. The maximum Gasteiger partial charge on any atom is 2.00 e. The summed E-state index contributed by atoms with van der Waals surface area (Å²) < 4.78 is 17.1. The molecule has 0 heterocycles. The van der Waals surface area contributed by atoms with Gasteiger partial charge in [-0.05, 0) is 0 Å². The quantitative estimate of drug-likeness (QED) is 0.314. The van der Waals surface area contributed by atoms with E-state index in [-0.39, 0.29) is 48.8 Å². The fraction of sp³-hybridized carbons (Fsp3) is 0. The van der Waals surface area contributed by atoms with Gasteiger partial charge in [0.15, 0.2) is 0 Å². The largest absolute Gasteiger partial charge is 2.00 e. The Morgan fingerprint density at radius 3 is 0.643 bits per heavy atom. The zero-order chi connectivity index (χ0) is 9.00. The van der Waals surface area contributed by atoms with Crippen LogP contribution in [0.4, 0.5) is 0 Å². The molecule has 0 saturated heterocycles. The van der Waals surface area contributed by atoms with Crippen LogP contribution in [0.2, 0.25) is 0 Å². The number of hydrogen-bond donors (Lipinski definition) is 2. The van der Waals surface area contributed by atoms with Gasteiger partial charge in [-0.2, -0.15) is 15.6 Å². The molecule has 0 aromatic rings. The van der Waals surface area contributed by atoms with Crippen molar-refractivity contribution in [1.82, 2.24) is 12.3 Å². The first-order chi connectivity index (χ1) is 4.00. The summed E-state index contributed by atoms with van der Waals surface area (Å²) in [5.41, 5.74) is 0. The van der Waals surface area contributed by atoms with Crippen LogP contribution in [0.25, 0.3) is 0 Å². The molecule has 0 saturated carbocycles. The molecule has 14 heteroatoms. The van der Waals surface area contributed by atoms with Gasteiger partial charge in [-0.3, -0.25) is 0 Å². The Morgan fingerprint density at radius 2 is 0.643 bits per heavy atom. The zero-order valence-corrected chi connectivity index (χ0v) is 12.9. The van der Waals surface area contributed by atoms with Crippen LogP contribution in [-0.4, -0.2) is 0 Å². The molecule has 8 N–H and O–H groups in total. The maximum atomic E-state index is 8.55. The maximum absolute atomic E-state index is 8.55. The molecule has 0 unspecified atom stereocenters. The van der Waals surface area contributed by atoms with Crippen molar-refractivity contribution in [2.45, 2.75) is 0 Å². The van der Waals surface area contributed by atoms with Gasteiger partial charge < -0.3 is 50.8 Å². The molecule has 0 aliphatic rings. The first kappa shape index (κ1) is 36.2. The Hall–Kier alpha value is 1.28. The van der Waals surface area contributed by atoms with Gasteiger partial charge in [-0.1, -0.05) is 0 Å². The summed E-state index contributed by atoms with van der Waals surface area (Å²) >= 11 is 0. The second kappa shape index (κ2) is 14.3. The van der Waals surface area contributed by atoms with Crippen LogP contribution >= 0.6 is 15.6 Å². The first-order valence-corrected chi connectivity index (χ1v) is 4.38. The minimum absolute atomic E-state index is 0. The van der Waals surface area contributed by atoms with Gasteiger partial charge in [0.1, 0.15) is 0 Å². The van der Waals surface area contributed by atoms with Gasteiger partial charge in [-0.15, -0.1) is 0 Å². The van der Waals surface area contributed by atoms with E-state index in [0.29, 0.717) is 0 Å². The molecule has 1 radical (unpaired) electrons. The summed E-state index contributed by atoms with van der Waals surface area (Å²) in [7, 11) is -10.8. The predicted octanol–water partition coefficient (Wildman–Crippen LogP) is -4.90. The number of quaternary nitrogens is 2. The summed E-state index contributed by atoms with van der Waals surface area (Å²) in [6, 6.07) is 0. The van der Waals surface area contributed by atoms with Crippen LogP contribution in [0.15, 0.2) is 0 Å². The molecule has 10 nitrogen and oxygen atoms in total. The summed E-state index contributed by atoms with van der Waals surface area (Å²) in [4.78, 5) is 51.3. The topological polar surface area (TPSA) is 246 Å². The molecule has 14 heavy (non-hydrogen) atoms. The molecule has 0 fully saturated rings. The van der Waals surface area contributed by atoms with Crippen molar-refractivity contribution in [3.63, 3.8) is 0 Å². The van der Waals surface area contributed by atoms with Crippen molar-refractivity contribution in [2.24, 2.45) is 0 Å². The smallest absolute Gasteiger partial charge is 0.822 e. The summed E-state index contributed by atoms with van der Waals surface area (Å²) in [6.45, 7) is 0. The second-order valence-corrected chi connectivity index (χ2v) is 2.68. The van der Waals surface area contributed by atoms with Crippen molar-refractivity contribution >= 4 is 15.6 Å². The molecule has 0 spiro atoms. The van der Waals surface area contributed by atoms with E-state index in [1.807, 2.05) is 0 Å². The zero-order valence-electron chi connectivity index (χ0n) is 7.17. The molecule has 0 amide bonds. The number of rotatable bonds is 0. The third-order valence-corrected chi connectivity index (χ3v) is 0. The van der Waals surface area contributed by atoms with Gasteiger partial charge >= 0.3 is 36.5 Å². The van der Waals surface area contributed by atoms with E-state index in [9.17, 15) is 0 Å². The summed E-state index contributed by atoms with van der Waals surface area (Å²) in [6.07, 6.45) is 0. The fourth-order valence-electron chi connectivity index (χ4n) is 0. The molecule has 0 aromatic heterocycles. The predicted molar refractivity (Wildman–Crippen MR) is 27.2 cm³/mol. The Balaban J connectivity index is -0.0000000178. The normalized spacial score (nSPS) is 8.43. The van der Waals surface area contributed by atoms with Gasteiger partial charge in [0.05, 0.1) is 0 Å². The van der Waals surface area contributed by atoms with Crippen LogP contribution in [0.5, 0.6) is 0 Å². The van der Waals surface area contributed by atoms with E-state index in [1.54, 1.807) is 0 Å².